The van der Waals surface area contributed by atoms with Gasteiger partial charge < -0.3 is 0 Å². The van der Waals surface area contributed by atoms with Crippen LogP contribution in [0.4, 0.5) is 0 Å². The van der Waals surface area contributed by atoms with Crippen LogP contribution in [0.3, 0.4) is 0 Å². The van der Waals surface area contributed by atoms with Crippen molar-refractivity contribution in [2.75, 3.05) is 0 Å². The maximum atomic E-state index is 4.85. The summed E-state index contributed by atoms with van der Waals surface area (Å²) in [5.41, 5.74) is 5.39. The van der Waals surface area contributed by atoms with Crippen molar-refractivity contribution in [2.24, 2.45) is 0 Å². The maximum Gasteiger partial charge on any atom is 0.0491 e. The van der Waals surface area contributed by atoms with Crippen LogP contribution in [0, 0.1) is 6.92 Å². The summed E-state index contributed by atoms with van der Waals surface area (Å²) >= 11 is 0. The molecule has 0 aliphatic carbocycles. The Morgan fingerprint density at radius 2 is 1.11 bits per heavy atom. The molecule has 1 atom stereocenters. The van der Waals surface area contributed by atoms with Gasteiger partial charge in [0.25, 0.3) is 0 Å². The number of hydrogen-bond acceptors (Lipinski definition) is 4. The van der Waals surface area contributed by atoms with E-state index in [4.69, 9.17) is 4.98 Å². The summed E-state index contributed by atoms with van der Waals surface area (Å²) in [6.07, 6.45) is 11.2. The van der Waals surface area contributed by atoms with Gasteiger partial charge >= 0.3 is 0 Å². The second kappa shape index (κ2) is 7.87. The van der Waals surface area contributed by atoms with Crippen molar-refractivity contribution in [1.82, 2.24) is 19.9 Å². The van der Waals surface area contributed by atoms with Crippen LogP contribution in [0.5, 0.6) is 0 Å². The minimum Gasteiger partial charge on any atom is -0.264 e. The highest BCUT2D eigenvalue weighted by Gasteiger charge is 2.29. The van der Waals surface area contributed by atoms with Crippen LogP contribution in [0.1, 0.15) is 39.9 Å². The summed E-state index contributed by atoms with van der Waals surface area (Å²) < 4.78 is 0. The van der Waals surface area contributed by atoms with Gasteiger partial charge in [-0.1, -0.05) is 24.3 Å². The van der Waals surface area contributed by atoms with Gasteiger partial charge in [-0.2, -0.15) is 0 Å². The molecule has 0 fully saturated rings. The van der Waals surface area contributed by atoms with Gasteiger partial charge in [-0.25, -0.2) is 0 Å². The molecule has 4 aromatic rings. The highest BCUT2D eigenvalue weighted by molar-refractivity contribution is 5.41. The van der Waals surface area contributed by atoms with E-state index >= 15 is 0 Å². The fourth-order valence-corrected chi connectivity index (χ4v) is 3.53. The molecule has 4 rings (SSSR count). The van der Waals surface area contributed by atoms with Gasteiger partial charge in [-0.05, 0) is 53.9 Å². The molecule has 0 saturated heterocycles. The SMILES string of the molecule is Cc1cccc(C(c2cccnc2)C(c2cccnc2)c2cccnc2)n1. The first kappa shape index (κ1) is 17.0. The second-order valence-electron chi connectivity index (χ2n) is 6.52. The zero-order valence-corrected chi connectivity index (χ0v) is 15.1. The Balaban J connectivity index is 1.94. The Labute approximate surface area is 159 Å². The fourth-order valence-electron chi connectivity index (χ4n) is 3.53. The Bertz CT molecular complexity index is 949. The van der Waals surface area contributed by atoms with E-state index in [0.29, 0.717) is 0 Å². The summed E-state index contributed by atoms with van der Waals surface area (Å²) in [6, 6.07) is 18.4. The molecule has 4 heteroatoms. The third kappa shape index (κ3) is 3.75. The third-order valence-corrected chi connectivity index (χ3v) is 4.69. The lowest BCUT2D eigenvalue weighted by Crippen LogP contribution is -2.16. The van der Waals surface area contributed by atoms with E-state index < -0.39 is 0 Å². The number of aryl methyl sites for hydroxylation is 1. The number of aromatic nitrogens is 4. The largest absolute Gasteiger partial charge is 0.264 e. The van der Waals surface area contributed by atoms with Crippen molar-refractivity contribution < 1.29 is 0 Å². The van der Waals surface area contributed by atoms with Crippen molar-refractivity contribution in [2.45, 2.75) is 18.8 Å². The minimum absolute atomic E-state index is 0.00648. The van der Waals surface area contributed by atoms with Gasteiger partial charge in [0.1, 0.15) is 0 Å². The third-order valence-electron chi connectivity index (χ3n) is 4.69. The lowest BCUT2D eigenvalue weighted by atomic mass is 9.76. The summed E-state index contributed by atoms with van der Waals surface area (Å²) in [6.45, 7) is 2.02. The molecule has 132 valence electrons. The Morgan fingerprint density at radius 3 is 1.56 bits per heavy atom. The topological polar surface area (TPSA) is 51.6 Å². The van der Waals surface area contributed by atoms with Crippen LogP contribution >= 0.6 is 0 Å². The van der Waals surface area contributed by atoms with Gasteiger partial charge in [-0.15, -0.1) is 0 Å². The van der Waals surface area contributed by atoms with E-state index in [1.54, 1.807) is 18.6 Å². The first-order valence-corrected chi connectivity index (χ1v) is 8.96. The van der Waals surface area contributed by atoms with Gasteiger partial charge in [0.05, 0.1) is 0 Å². The Morgan fingerprint density at radius 1 is 0.593 bits per heavy atom. The predicted molar refractivity (Wildman–Crippen MR) is 105 cm³/mol. The zero-order chi connectivity index (χ0) is 18.5. The molecule has 4 nitrogen and oxygen atoms in total. The highest BCUT2D eigenvalue weighted by atomic mass is 14.7. The molecule has 4 heterocycles. The number of hydrogen-bond donors (Lipinski definition) is 0. The van der Waals surface area contributed by atoms with Crippen molar-refractivity contribution in [1.29, 1.82) is 0 Å². The van der Waals surface area contributed by atoms with Crippen LogP contribution in [-0.4, -0.2) is 19.9 Å². The lowest BCUT2D eigenvalue weighted by molar-refractivity contribution is 0.665. The average Bonchev–Trinajstić information content (AvgIpc) is 2.74. The van der Waals surface area contributed by atoms with E-state index in [-0.39, 0.29) is 11.8 Å². The smallest absolute Gasteiger partial charge is 0.0491 e. The first-order valence-electron chi connectivity index (χ1n) is 8.96. The van der Waals surface area contributed by atoms with Gasteiger partial charge in [-0.3, -0.25) is 19.9 Å². The second-order valence-corrected chi connectivity index (χ2v) is 6.52. The standard InChI is InChI=1S/C23H20N4/c1-17-6-2-10-21(27-17)23(20-9-5-13-26-16-20)22(18-7-3-11-24-14-18)19-8-4-12-25-15-19/h2-16,22-23H,1H3. The van der Waals surface area contributed by atoms with Crippen molar-refractivity contribution >= 4 is 0 Å². The fraction of sp³-hybridized carbons (Fsp3) is 0.130. The van der Waals surface area contributed by atoms with Crippen LogP contribution in [0.2, 0.25) is 0 Å². The van der Waals surface area contributed by atoms with Gasteiger partial charge in [0.15, 0.2) is 0 Å². The van der Waals surface area contributed by atoms with Crippen LogP contribution < -0.4 is 0 Å². The van der Waals surface area contributed by atoms with Crippen molar-refractivity contribution in [3.8, 4) is 0 Å². The molecule has 1 unspecified atom stereocenters. The molecule has 0 radical (unpaired) electrons. The highest BCUT2D eigenvalue weighted by Crippen LogP contribution is 2.41. The molecular weight excluding hydrogens is 332 g/mol. The maximum absolute atomic E-state index is 4.85. The average molecular weight is 352 g/mol. The zero-order valence-electron chi connectivity index (χ0n) is 15.1. The molecular formula is C23H20N4. The quantitative estimate of drug-likeness (QED) is 0.529. The minimum atomic E-state index is 0.00648. The molecule has 0 saturated carbocycles. The Kier molecular flexibility index (Phi) is 4.97. The van der Waals surface area contributed by atoms with Gasteiger partial charge in [0.2, 0.25) is 0 Å². The number of nitrogens with zero attached hydrogens (tertiary/aromatic N) is 4. The predicted octanol–water partition coefficient (Wildman–Crippen LogP) is 4.54. The molecule has 0 bridgehead atoms. The summed E-state index contributed by atoms with van der Waals surface area (Å²) in [7, 11) is 0. The molecule has 0 N–H and O–H groups in total. The molecule has 0 spiro atoms. The van der Waals surface area contributed by atoms with E-state index in [1.165, 1.54) is 0 Å². The first-order chi connectivity index (χ1) is 13.3. The van der Waals surface area contributed by atoms with Crippen LogP contribution in [-0.2, 0) is 0 Å². The van der Waals surface area contributed by atoms with Gasteiger partial charge in [0, 0.05) is 60.4 Å². The number of pyridine rings is 4. The molecule has 4 aromatic heterocycles. The molecule has 0 amide bonds. The number of rotatable bonds is 5. The van der Waals surface area contributed by atoms with E-state index in [9.17, 15) is 0 Å². The summed E-state index contributed by atoms with van der Waals surface area (Å²) in [5, 5.41) is 0. The summed E-state index contributed by atoms with van der Waals surface area (Å²) in [5.74, 6) is 0.0397. The summed E-state index contributed by atoms with van der Waals surface area (Å²) in [4.78, 5) is 17.9. The van der Waals surface area contributed by atoms with Crippen LogP contribution in [0.15, 0.2) is 91.8 Å². The normalized spacial score (nSPS) is 12.1. The van der Waals surface area contributed by atoms with Crippen LogP contribution in [0.25, 0.3) is 0 Å². The van der Waals surface area contributed by atoms with Crippen molar-refractivity contribution in [3.05, 3.63) is 120 Å². The van der Waals surface area contributed by atoms with E-state index in [2.05, 4.69) is 45.3 Å². The molecule has 0 aromatic carbocycles. The Hall–Kier alpha value is -3.40. The van der Waals surface area contributed by atoms with Crippen molar-refractivity contribution in [3.63, 3.8) is 0 Å². The van der Waals surface area contributed by atoms with E-state index in [0.717, 1.165) is 28.1 Å². The monoisotopic (exact) mass is 352 g/mol. The van der Waals surface area contributed by atoms with E-state index in [1.807, 2.05) is 49.8 Å². The lowest BCUT2D eigenvalue weighted by Gasteiger charge is -2.28. The molecule has 27 heavy (non-hydrogen) atoms. The molecule has 0 aliphatic heterocycles. The molecule has 0 aliphatic rings.